The van der Waals surface area contributed by atoms with Crippen LogP contribution in [0.25, 0.3) is 10.9 Å². The van der Waals surface area contributed by atoms with Gasteiger partial charge in [-0.3, -0.25) is 9.78 Å². The Labute approximate surface area is 141 Å². The molecule has 1 heterocycles. The van der Waals surface area contributed by atoms with Crippen molar-refractivity contribution in [3.05, 3.63) is 71.9 Å². The number of aryl methyl sites for hydroxylation is 1. The summed E-state index contributed by atoms with van der Waals surface area (Å²) >= 11 is 0. The summed E-state index contributed by atoms with van der Waals surface area (Å²) in [5.74, 6) is 0.774. The normalized spacial score (nSPS) is 10.5. The number of hydrogen-bond acceptors (Lipinski definition) is 3. The molecular weight excluding hydrogens is 300 g/mol. The molecular formula is C20H20N2O2. The molecule has 24 heavy (non-hydrogen) atoms. The van der Waals surface area contributed by atoms with Gasteiger partial charge < -0.3 is 10.1 Å². The average molecular weight is 320 g/mol. The molecule has 0 spiro atoms. The molecule has 0 saturated carbocycles. The van der Waals surface area contributed by atoms with E-state index in [0.717, 1.165) is 28.8 Å². The summed E-state index contributed by atoms with van der Waals surface area (Å²) in [7, 11) is 0. The third-order valence-corrected chi connectivity index (χ3v) is 3.71. The van der Waals surface area contributed by atoms with Gasteiger partial charge in [-0.1, -0.05) is 36.4 Å². The van der Waals surface area contributed by atoms with E-state index >= 15 is 0 Å². The van der Waals surface area contributed by atoms with Crippen molar-refractivity contribution in [2.24, 2.45) is 0 Å². The van der Waals surface area contributed by atoms with Crippen molar-refractivity contribution in [2.75, 3.05) is 13.2 Å². The van der Waals surface area contributed by atoms with Gasteiger partial charge in [0, 0.05) is 17.6 Å². The summed E-state index contributed by atoms with van der Waals surface area (Å²) in [6.07, 6.45) is 0.753. The maximum Gasteiger partial charge on any atom is 0.252 e. The number of para-hydroxylation sites is 2. The van der Waals surface area contributed by atoms with Gasteiger partial charge in [-0.15, -0.1) is 0 Å². The molecule has 4 heteroatoms. The minimum atomic E-state index is -0.0728. The van der Waals surface area contributed by atoms with Crippen LogP contribution < -0.4 is 10.1 Å². The van der Waals surface area contributed by atoms with E-state index in [1.807, 2.05) is 67.6 Å². The summed E-state index contributed by atoms with van der Waals surface area (Å²) in [5.41, 5.74) is 2.35. The molecule has 0 aliphatic heterocycles. The second-order valence-electron chi connectivity index (χ2n) is 5.60. The van der Waals surface area contributed by atoms with Crippen molar-refractivity contribution in [2.45, 2.75) is 13.3 Å². The fourth-order valence-electron chi connectivity index (χ4n) is 2.57. The molecule has 0 unspecified atom stereocenters. The number of amides is 1. The van der Waals surface area contributed by atoms with Gasteiger partial charge in [0.1, 0.15) is 5.75 Å². The van der Waals surface area contributed by atoms with Gasteiger partial charge in [0.15, 0.2) is 0 Å². The van der Waals surface area contributed by atoms with E-state index in [1.165, 1.54) is 0 Å². The third kappa shape index (κ3) is 3.90. The van der Waals surface area contributed by atoms with Crippen LogP contribution in [0, 0.1) is 6.92 Å². The standard InChI is InChI=1S/C20H20N2O2/c1-15-14-18(17-10-5-6-11-19(17)22-15)20(23)21-12-7-13-24-16-8-3-2-4-9-16/h2-6,8-11,14H,7,12-13H2,1H3,(H,21,23). The first-order valence-electron chi connectivity index (χ1n) is 8.06. The number of carbonyl (C=O) groups excluding carboxylic acids is 1. The number of fused-ring (bicyclic) bond motifs is 1. The van der Waals surface area contributed by atoms with Gasteiger partial charge in [0.05, 0.1) is 17.7 Å². The lowest BCUT2D eigenvalue weighted by Crippen LogP contribution is -2.26. The lowest BCUT2D eigenvalue weighted by atomic mass is 10.1. The van der Waals surface area contributed by atoms with Crippen molar-refractivity contribution in [3.63, 3.8) is 0 Å². The fourth-order valence-corrected chi connectivity index (χ4v) is 2.57. The fraction of sp³-hybridized carbons (Fsp3) is 0.200. The second-order valence-corrected chi connectivity index (χ2v) is 5.60. The van der Waals surface area contributed by atoms with Crippen LogP contribution in [0.5, 0.6) is 5.75 Å². The minimum absolute atomic E-state index is 0.0728. The zero-order valence-corrected chi connectivity index (χ0v) is 13.7. The SMILES string of the molecule is Cc1cc(C(=O)NCCCOc2ccccc2)c2ccccc2n1. The summed E-state index contributed by atoms with van der Waals surface area (Å²) < 4.78 is 5.62. The average Bonchev–Trinajstić information content (AvgIpc) is 2.61. The first-order valence-corrected chi connectivity index (χ1v) is 8.06. The molecule has 1 amide bonds. The van der Waals surface area contributed by atoms with Gasteiger partial charge in [-0.2, -0.15) is 0 Å². The minimum Gasteiger partial charge on any atom is -0.494 e. The van der Waals surface area contributed by atoms with Crippen LogP contribution in [0.4, 0.5) is 0 Å². The van der Waals surface area contributed by atoms with Crippen LogP contribution in [0.2, 0.25) is 0 Å². The molecule has 0 aliphatic carbocycles. The van der Waals surface area contributed by atoms with Crippen LogP contribution in [-0.4, -0.2) is 24.0 Å². The predicted octanol–water partition coefficient (Wildman–Crippen LogP) is 3.74. The van der Waals surface area contributed by atoms with E-state index in [2.05, 4.69) is 10.3 Å². The van der Waals surface area contributed by atoms with Gasteiger partial charge in [-0.25, -0.2) is 0 Å². The molecule has 0 radical (unpaired) electrons. The predicted molar refractivity (Wildman–Crippen MR) is 95.4 cm³/mol. The molecule has 3 rings (SSSR count). The summed E-state index contributed by atoms with van der Waals surface area (Å²) in [5, 5.41) is 3.83. The summed E-state index contributed by atoms with van der Waals surface area (Å²) in [6, 6.07) is 19.2. The van der Waals surface area contributed by atoms with Crippen LogP contribution in [-0.2, 0) is 0 Å². The van der Waals surface area contributed by atoms with E-state index in [4.69, 9.17) is 4.74 Å². The first-order chi connectivity index (χ1) is 11.7. The smallest absolute Gasteiger partial charge is 0.252 e. The number of benzene rings is 2. The molecule has 4 nitrogen and oxygen atoms in total. The zero-order chi connectivity index (χ0) is 16.8. The molecule has 0 aliphatic rings. The van der Waals surface area contributed by atoms with E-state index in [0.29, 0.717) is 18.7 Å². The van der Waals surface area contributed by atoms with Gasteiger partial charge >= 0.3 is 0 Å². The summed E-state index contributed by atoms with van der Waals surface area (Å²) in [6.45, 7) is 3.04. The number of aromatic nitrogens is 1. The Hall–Kier alpha value is -2.88. The zero-order valence-electron chi connectivity index (χ0n) is 13.7. The number of hydrogen-bond donors (Lipinski definition) is 1. The number of pyridine rings is 1. The number of ether oxygens (including phenoxy) is 1. The van der Waals surface area contributed by atoms with Crippen molar-refractivity contribution in [1.82, 2.24) is 10.3 Å². The van der Waals surface area contributed by atoms with Crippen molar-refractivity contribution in [3.8, 4) is 5.75 Å². The van der Waals surface area contributed by atoms with E-state index in [1.54, 1.807) is 0 Å². The molecule has 0 saturated heterocycles. The highest BCUT2D eigenvalue weighted by molar-refractivity contribution is 6.06. The van der Waals surface area contributed by atoms with Crippen LogP contribution in [0.15, 0.2) is 60.7 Å². The quantitative estimate of drug-likeness (QED) is 0.704. The monoisotopic (exact) mass is 320 g/mol. The molecule has 0 bridgehead atoms. The van der Waals surface area contributed by atoms with E-state index in [-0.39, 0.29) is 5.91 Å². The van der Waals surface area contributed by atoms with E-state index < -0.39 is 0 Å². The largest absolute Gasteiger partial charge is 0.494 e. The van der Waals surface area contributed by atoms with Crippen molar-refractivity contribution < 1.29 is 9.53 Å². The number of rotatable bonds is 6. The van der Waals surface area contributed by atoms with Crippen molar-refractivity contribution >= 4 is 16.8 Å². The molecule has 2 aromatic carbocycles. The molecule has 1 aromatic heterocycles. The maximum absolute atomic E-state index is 12.5. The highest BCUT2D eigenvalue weighted by Crippen LogP contribution is 2.18. The Morgan fingerprint density at radius 1 is 1.08 bits per heavy atom. The Kier molecular flexibility index (Phi) is 5.06. The van der Waals surface area contributed by atoms with Gasteiger partial charge in [0.2, 0.25) is 0 Å². The lowest BCUT2D eigenvalue weighted by Gasteiger charge is -2.10. The van der Waals surface area contributed by atoms with Crippen molar-refractivity contribution in [1.29, 1.82) is 0 Å². The Morgan fingerprint density at radius 2 is 1.83 bits per heavy atom. The van der Waals surface area contributed by atoms with Crippen LogP contribution in [0.3, 0.4) is 0 Å². The topological polar surface area (TPSA) is 51.2 Å². The number of nitrogens with one attached hydrogen (secondary N) is 1. The molecule has 1 N–H and O–H groups in total. The summed E-state index contributed by atoms with van der Waals surface area (Å²) in [4.78, 5) is 16.9. The van der Waals surface area contributed by atoms with Gasteiger partial charge in [-0.05, 0) is 37.6 Å². The highest BCUT2D eigenvalue weighted by atomic mass is 16.5. The number of nitrogens with zero attached hydrogens (tertiary/aromatic N) is 1. The third-order valence-electron chi connectivity index (χ3n) is 3.71. The van der Waals surface area contributed by atoms with Crippen LogP contribution in [0.1, 0.15) is 22.5 Å². The molecule has 0 fully saturated rings. The molecule has 0 atom stereocenters. The number of carbonyl (C=O) groups is 1. The lowest BCUT2D eigenvalue weighted by molar-refractivity contribution is 0.0953. The van der Waals surface area contributed by atoms with E-state index in [9.17, 15) is 4.79 Å². The second kappa shape index (κ2) is 7.59. The Balaban J connectivity index is 1.56. The highest BCUT2D eigenvalue weighted by Gasteiger charge is 2.11. The molecule has 122 valence electrons. The maximum atomic E-state index is 12.5. The first kappa shape index (κ1) is 16.0. The Bertz CT molecular complexity index is 831. The van der Waals surface area contributed by atoms with Crippen LogP contribution >= 0.6 is 0 Å². The van der Waals surface area contributed by atoms with Gasteiger partial charge in [0.25, 0.3) is 5.91 Å². The molecule has 3 aromatic rings. The Morgan fingerprint density at radius 3 is 2.67 bits per heavy atom.